The summed E-state index contributed by atoms with van der Waals surface area (Å²) in [5.74, 6) is -0.157. The number of hydrogen-bond acceptors (Lipinski definition) is 4. The van der Waals surface area contributed by atoms with Gasteiger partial charge in [0.05, 0.1) is 10.9 Å². The van der Waals surface area contributed by atoms with Gasteiger partial charge in [0.2, 0.25) is 10.0 Å². The van der Waals surface area contributed by atoms with E-state index in [-0.39, 0.29) is 16.8 Å². The number of nitrogens with zero attached hydrogens (tertiary/aromatic N) is 1. The van der Waals surface area contributed by atoms with Crippen molar-refractivity contribution in [2.75, 3.05) is 26.2 Å². The number of benzene rings is 2. The van der Waals surface area contributed by atoms with Gasteiger partial charge >= 0.3 is 0 Å². The molecule has 3 rings (SSSR count). The molecule has 2 aromatic rings. The number of piperazine rings is 1. The molecule has 0 aliphatic carbocycles. The van der Waals surface area contributed by atoms with Crippen molar-refractivity contribution >= 4 is 15.9 Å². The lowest BCUT2D eigenvalue weighted by atomic mass is 10.1. The first-order chi connectivity index (χ1) is 12.5. The number of hydrogen-bond donors (Lipinski definition) is 2. The zero-order chi connectivity index (χ0) is 18.6. The standard InChI is InChI=1S/C19H23N3O3S/c1-15(21-19(23)17-5-3-2-4-6-17)16-7-9-18(10-8-16)26(24,25)22-13-11-20-12-14-22/h2-10,15,20H,11-14H2,1H3,(H,21,23). The summed E-state index contributed by atoms with van der Waals surface area (Å²) >= 11 is 0. The highest BCUT2D eigenvalue weighted by atomic mass is 32.2. The molecule has 0 radical (unpaired) electrons. The lowest BCUT2D eigenvalue weighted by Gasteiger charge is -2.26. The Balaban J connectivity index is 1.69. The second-order valence-electron chi connectivity index (χ2n) is 6.28. The SMILES string of the molecule is CC(NC(=O)c1ccccc1)c1ccc(S(=O)(=O)N2CCNCC2)cc1. The third-order valence-electron chi connectivity index (χ3n) is 4.48. The fourth-order valence-electron chi connectivity index (χ4n) is 2.92. The third-order valence-corrected chi connectivity index (χ3v) is 6.39. The van der Waals surface area contributed by atoms with Crippen LogP contribution in [0.5, 0.6) is 0 Å². The van der Waals surface area contributed by atoms with Crippen LogP contribution in [0.2, 0.25) is 0 Å². The zero-order valence-corrected chi connectivity index (χ0v) is 15.5. The molecule has 26 heavy (non-hydrogen) atoms. The number of carbonyl (C=O) groups is 1. The Hall–Kier alpha value is -2.22. The Bertz CT molecular complexity index is 845. The van der Waals surface area contributed by atoms with Gasteiger partial charge in [-0.3, -0.25) is 4.79 Å². The van der Waals surface area contributed by atoms with Gasteiger partial charge in [0.15, 0.2) is 0 Å². The molecule has 0 spiro atoms. The number of amides is 1. The average molecular weight is 373 g/mol. The molecule has 1 atom stereocenters. The van der Waals surface area contributed by atoms with Crippen LogP contribution < -0.4 is 10.6 Å². The van der Waals surface area contributed by atoms with Crippen molar-refractivity contribution in [1.29, 1.82) is 0 Å². The van der Waals surface area contributed by atoms with Crippen molar-refractivity contribution in [2.45, 2.75) is 17.9 Å². The highest BCUT2D eigenvalue weighted by molar-refractivity contribution is 7.89. The number of rotatable bonds is 5. The van der Waals surface area contributed by atoms with E-state index in [1.165, 1.54) is 4.31 Å². The third kappa shape index (κ3) is 4.12. The molecular formula is C19H23N3O3S. The highest BCUT2D eigenvalue weighted by Crippen LogP contribution is 2.20. The fourth-order valence-corrected chi connectivity index (χ4v) is 4.36. The van der Waals surface area contributed by atoms with Gasteiger partial charge in [0, 0.05) is 31.7 Å². The van der Waals surface area contributed by atoms with Crippen molar-refractivity contribution in [3.8, 4) is 0 Å². The number of nitrogens with one attached hydrogen (secondary N) is 2. The summed E-state index contributed by atoms with van der Waals surface area (Å²) in [5.41, 5.74) is 1.45. The summed E-state index contributed by atoms with van der Waals surface area (Å²) in [5, 5.41) is 6.07. The molecule has 6 nitrogen and oxygen atoms in total. The summed E-state index contributed by atoms with van der Waals surface area (Å²) in [7, 11) is -3.46. The van der Waals surface area contributed by atoms with Gasteiger partial charge in [-0.15, -0.1) is 0 Å². The van der Waals surface area contributed by atoms with Crippen LogP contribution in [-0.4, -0.2) is 44.8 Å². The Morgan fingerprint density at radius 3 is 2.27 bits per heavy atom. The molecule has 2 N–H and O–H groups in total. The first-order valence-corrected chi connectivity index (χ1v) is 10.1. The van der Waals surface area contributed by atoms with E-state index in [0.717, 1.165) is 5.56 Å². The van der Waals surface area contributed by atoms with Gasteiger partial charge in [-0.25, -0.2) is 8.42 Å². The molecule has 1 amide bonds. The summed E-state index contributed by atoms with van der Waals surface area (Å²) in [6.45, 7) is 4.17. The van der Waals surface area contributed by atoms with Crippen LogP contribution in [0.3, 0.4) is 0 Å². The van der Waals surface area contributed by atoms with Crippen LogP contribution in [0.4, 0.5) is 0 Å². The molecule has 0 saturated carbocycles. The van der Waals surface area contributed by atoms with Crippen LogP contribution in [0.25, 0.3) is 0 Å². The Morgan fingerprint density at radius 1 is 1.04 bits per heavy atom. The second kappa shape index (κ2) is 7.99. The second-order valence-corrected chi connectivity index (χ2v) is 8.22. The summed E-state index contributed by atoms with van der Waals surface area (Å²) in [6.07, 6.45) is 0. The van der Waals surface area contributed by atoms with Gasteiger partial charge in [0.1, 0.15) is 0 Å². The Kier molecular flexibility index (Phi) is 5.70. The van der Waals surface area contributed by atoms with Gasteiger partial charge in [-0.05, 0) is 36.8 Å². The summed E-state index contributed by atoms with van der Waals surface area (Å²) < 4.78 is 26.8. The monoisotopic (exact) mass is 373 g/mol. The minimum Gasteiger partial charge on any atom is -0.346 e. The Labute approximate surface area is 154 Å². The smallest absolute Gasteiger partial charge is 0.251 e. The van der Waals surface area contributed by atoms with Crippen LogP contribution in [-0.2, 0) is 10.0 Å². The predicted molar refractivity (Wildman–Crippen MR) is 100 cm³/mol. The van der Waals surface area contributed by atoms with Gasteiger partial charge in [0.25, 0.3) is 5.91 Å². The fraction of sp³-hybridized carbons (Fsp3) is 0.316. The van der Waals surface area contributed by atoms with E-state index in [1.54, 1.807) is 36.4 Å². The van der Waals surface area contributed by atoms with Gasteiger partial charge in [-0.1, -0.05) is 30.3 Å². The quantitative estimate of drug-likeness (QED) is 0.837. The maximum Gasteiger partial charge on any atom is 0.251 e. The van der Waals surface area contributed by atoms with E-state index < -0.39 is 10.0 Å². The molecule has 1 saturated heterocycles. The maximum atomic E-state index is 12.7. The van der Waals surface area contributed by atoms with Crippen molar-refractivity contribution in [3.05, 3.63) is 65.7 Å². The van der Waals surface area contributed by atoms with Crippen molar-refractivity contribution in [1.82, 2.24) is 14.9 Å². The molecule has 138 valence electrons. The van der Waals surface area contributed by atoms with Crippen LogP contribution in [0, 0.1) is 0 Å². The van der Waals surface area contributed by atoms with Gasteiger partial charge < -0.3 is 10.6 Å². The summed E-state index contributed by atoms with van der Waals surface area (Å²) in [6, 6.07) is 15.5. The van der Waals surface area contributed by atoms with Crippen LogP contribution in [0.15, 0.2) is 59.5 Å². The van der Waals surface area contributed by atoms with E-state index in [9.17, 15) is 13.2 Å². The van der Waals surface area contributed by atoms with E-state index >= 15 is 0 Å². The molecule has 1 heterocycles. The lowest BCUT2D eigenvalue weighted by Crippen LogP contribution is -2.46. The maximum absolute atomic E-state index is 12.7. The topological polar surface area (TPSA) is 78.5 Å². The normalized spacial score (nSPS) is 16.8. The lowest BCUT2D eigenvalue weighted by molar-refractivity contribution is 0.0940. The number of sulfonamides is 1. The largest absolute Gasteiger partial charge is 0.346 e. The van der Waals surface area contributed by atoms with Crippen LogP contribution >= 0.6 is 0 Å². The predicted octanol–water partition coefficient (Wildman–Crippen LogP) is 1.77. The minimum absolute atomic E-state index is 0.157. The van der Waals surface area contributed by atoms with Crippen molar-refractivity contribution in [2.24, 2.45) is 0 Å². The molecule has 0 aromatic heterocycles. The summed E-state index contributed by atoms with van der Waals surface area (Å²) in [4.78, 5) is 12.5. The molecule has 1 unspecified atom stereocenters. The molecule has 2 aromatic carbocycles. The number of carbonyl (C=O) groups excluding carboxylic acids is 1. The molecular weight excluding hydrogens is 350 g/mol. The Morgan fingerprint density at radius 2 is 1.65 bits per heavy atom. The van der Waals surface area contributed by atoms with E-state index in [1.807, 2.05) is 25.1 Å². The molecule has 1 fully saturated rings. The zero-order valence-electron chi connectivity index (χ0n) is 14.7. The molecule has 1 aliphatic rings. The van der Waals surface area contributed by atoms with Crippen molar-refractivity contribution < 1.29 is 13.2 Å². The van der Waals surface area contributed by atoms with E-state index in [2.05, 4.69) is 10.6 Å². The minimum atomic E-state index is -3.46. The van der Waals surface area contributed by atoms with Crippen LogP contribution in [0.1, 0.15) is 28.9 Å². The first kappa shape index (κ1) is 18.6. The first-order valence-electron chi connectivity index (χ1n) is 8.65. The van der Waals surface area contributed by atoms with Gasteiger partial charge in [-0.2, -0.15) is 4.31 Å². The average Bonchev–Trinajstić information content (AvgIpc) is 2.69. The molecule has 7 heteroatoms. The van der Waals surface area contributed by atoms with E-state index in [0.29, 0.717) is 31.7 Å². The highest BCUT2D eigenvalue weighted by Gasteiger charge is 2.25. The van der Waals surface area contributed by atoms with Crippen molar-refractivity contribution in [3.63, 3.8) is 0 Å². The molecule has 0 bridgehead atoms. The molecule has 1 aliphatic heterocycles. The van der Waals surface area contributed by atoms with E-state index in [4.69, 9.17) is 0 Å².